The minimum absolute atomic E-state index is 0.340. The normalized spacial score (nSPS) is 15.4. The Bertz CT molecular complexity index is 480. The Morgan fingerprint density at radius 3 is 2.24 bits per heavy atom. The summed E-state index contributed by atoms with van der Waals surface area (Å²) in [6, 6.07) is 4.09. The molecule has 0 saturated heterocycles. The van der Waals surface area contributed by atoms with Crippen LogP contribution >= 0.6 is 0 Å². The van der Waals surface area contributed by atoms with Crippen molar-refractivity contribution in [2.75, 3.05) is 7.11 Å². The van der Waals surface area contributed by atoms with E-state index in [9.17, 15) is 9.90 Å². The van der Waals surface area contributed by atoms with E-state index in [0.717, 1.165) is 35.1 Å². The van der Waals surface area contributed by atoms with Crippen LogP contribution in [-0.4, -0.2) is 18.2 Å². The molecule has 118 valence electrons. The maximum absolute atomic E-state index is 12.1. The molecule has 3 nitrogen and oxygen atoms in total. The van der Waals surface area contributed by atoms with Crippen molar-refractivity contribution >= 4 is 5.97 Å². The van der Waals surface area contributed by atoms with E-state index in [1.54, 1.807) is 6.92 Å². The number of benzene rings is 1. The van der Waals surface area contributed by atoms with Crippen LogP contribution in [0.1, 0.15) is 55.4 Å². The summed E-state index contributed by atoms with van der Waals surface area (Å²) in [6.45, 7) is 9.81. The molecule has 0 fully saturated rings. The third-order valence-corrected chi connectivity index (χ3v) is 4.19. The largest absolute Gasteiger partial charge is 0.469 e. The summed E-state index contributed by atoms with van der Waals surface area (Å²) in [5.74, 6) is -0.879. The molecule has 0 saturated carbocycles. The fourth-order valence-corrected chi connectivity index (χ4v) is 3.33. The molecular weight excluding hydrogens is 264 g/mol. The fourth-order valence-electron chi connectivity index (χ4n) is 3.33. The number of aryl methyl sites for hydroxylation is 3. The second-order valence-corrected chi connectivity index (χ2v) is 6.14. The zero-order valence-electron chi connectivity index (χ0n) is 14.1. The van der Waals surface area contributed by atoms with Gasteiger partial charge in [0.25, 0.3) is 0 Å². The number of carbonyl (C=O) groups excluding carboxylic acids is 1. The minimum atomic E-state index is -1.22. The Kier molecular flexibility index (Phi) is 5.97. The highest BCUT2D eigenvalue weighted by Gasteiger charge is 2.40. The number of rotatable bonds is 6. The standard InChI is InChI=1S/C18H28O3/c1-7-8-9-15(17(19)21-6)18(5,20)16-13(3)10-12(2)11-14(16)4/h10-11,15,20H,7-9H2,1-6H3. The smallest absolute Gasteiger partial charge is 0.311 e. The minimum Gasteiger partial charge on any atom is -0.469 e. The van der Waals surface area contributed by atoms with Crippen LogP contribution < -0.4 is 0 Å². The summed E-state index contributed by atoms with van der Waals surface area (Å²) >= 11 is 0. The van der Waals surface area contributed by atoms with Crippen LogP contribution in [-0.2, 0) is 15.1 Å². The van der Waals surface area contributed by atoms with Crippen molar-refractivity contribution in [3.8, 4) is 0 Å². The molecule has 2 unspecified atom stereocenters. The summed E-state index contributed by atoms with van der Waals surface area (Å²) in [5, 5.41) is 11.1. The van der Waals surface area contributed by atoms with Crippen molar-refractivity contribution in [2.24, 2.45) is 5.92 Å². The first-order valence-corrected chi connectivity index (χ1v) is 7.64. The summed E-state index contributed by atoms with van der Waals surface area (Å²) in [5.41, 5.74) is 2.82. The Balaban J connectivity index is 3.31. The van der Waals surface area contributed by atoms with Gasteiger partial charge in [0.2, 0.25) is 0 Å². The summed E-state index contributed by atoms with van der Waals surface area (Å²) < 4.78 is 4.92. The number of hydrogen-bond donors (Lipinski definition) is 1. The molecule has 1 aromatic carbocycles. The summed E-state index contributed by atoms with van der Waals surface area (Å²) in [4.78, 5) is 12.1. The van der Waals surface area contributed by atoms with Gasteiger partial charge in [-0.25, -0.2) is 0 Å². The van der Waals surface area contributed by atoms with Gasteiger partial charge in [-0.05, 0) is 50.8 Å². The number of carbonyl (C=O) groups is 1. The van der Waals surface area contributed by atoms with Crippen LogP contribution in [0.3, 0.4) is 0 Å². The van der Waals surface area contributed by atoms with Crippen molar-refractivity contribution in [1.82, 2.24) is 0 Å². The summed E-state index contributed by atoms with van der Waals surface area (Å²) in [7, 11) is 1.38. The van der Waals surface area contributed by atoms with Crippen LogP contribution in [0.5, 0.6) is 0 Å². The Morgan fingerprint density at radius 1 is 1.29 bits per heavy atom. The number of ether oxygens (including phenoxy) is 1. The van der Waals surface area contributed by atoms with Gasteiger partial charge in [-0.1, -0.05) is 37.5 Å². The lowest BCUT2D eigenvalue weighted by atomic mass is 9.76. The summed E-state index contributed by atoms with van der Waals surface area (Å²) in [6.07, 6.45) is 2.50. The van der Waals surface area contributed by atoms with Crippen molar-refractivity contribution < 1.29 is 14.6 Å². The van der Waals surface area contributed by atoms with E-state index in [-0.39, 0.29) is 5.97 Å². The third-order valence-electron chi connectivity index (χ3n) is 4.19. The van der Waals surface area contributed by atoms with Crippen LogP contribution in [0.4, 0.5) is 0 Å². The highest BCUT2D eigenvalue weighted by Crippen LogP contribution is 2.37. The van der Waals surface area contributed by atoms with E-state index in [0.29, 0.717) is 6.42 Å². The van der Waals surface area contributed by atoms with Gasteiger partial charge in [0.05, 0.1) is 13.0 Å². The second kappa shape index (κ2) is 7.08. The van der Waals surface area contributed by atoms with Gasteiger partial charge >= 0.3 is 5.97 Å². The van der Waals surface area contributed by atoms with Crippen LogP contribution in [0.15, 0.2) is 12.1 Å². The number of methoxy groups -OCH3 is 1. The molecule has 1 aromatic rings. The first-order valence-electron chi connectivity index (χ1n) is 7.64. The van der Waals surface area contributed by atoms with E-state index >= 15 is 0 Å². The van der Waals surface area contributed by atoms with E-state index < -0.39 is 11.5 Å². The number of unbranched alkanes of at least 4 members (excludes halogenated alkanes) is 1. The Morgan fingerprint density at radius 2 is 1.81 bits per heavy atom. The van der Waals surface area contributed by atoms with Gasteiger partial charge in [0.15, 0.2) is 0 Å². The maximum atomic E-state index is 12.1. The van der Waals surface area contributed by atoms with E-state index in [2.05, 4.69) is 6.92 Å². The van der Waals surface area contributed by atoms with E-state index in [4.69, 9.17) is 4.74 Å². The first-order chi connectivity index (χ1) is 9.75. The van der Waals surface area contributed by atoms with Gasteiger partial charge in [0, 0.05) is 0 Å². The van der Waals surface area contributed by atoms with Crippen LogP contribution in [0.2, 0.25) is 0 Å². The molecule has 0 bridgehead atoms. The molecule has 0 aliphatic heterocycles. The quantitative estimate of drug-likeness (QED) is 0.811. The molecule has 0 amide bonds. The predicted octanol–water partition coefficient (Wildman–Crippen LogP) is 3.80. The van der Waals surface area contributed by atoms with Gasteiger partial charge in [0.1, 0.15) is 5.60 Å². The van der Waals surface area contributed by atoms with Crippen molar-refractivity contribution in [1.29, 1.82) is 0 Å². The lowest BCUT2D eigenvalue weighted by Gasteiger charge is -2.34. The molecule has 0 spiro atoms. The number of hydrogen-bond acceptors (Lipinski definition) is 3. The van der Waals surface area contributed by atoms with Crippen LogP contribution in [0, 0.1) is 26.7 Å². The van der Waals surface area contributed by atoms with Crippen molar-refractivity contribution in [2.45, 2.75) is 59.5 Å². The molecule has 0 aliphatic carbocycles. The first kappa shape index (κ1) is 17.7. The molecule has 0 heterocycles. The van der Waals surface area contributed by atoms with E-state index in [1.165, 1.54) is 7.11 Å². The van der Waals surface area contributed by atoms with Gasteiger partial charge < -0.3 is 9.84 Å². The highest BCUT2D eigenvalue weighted by molar-refractivity contribution is 5.74. The average Bonchev–Trinajstić information content (AvgIpc) is 2.36. The molecular formula is C18H28O3. The Hall–Kier alpha value is -1.35. The fraction of sp³-hybridized carbons (Fsp3) is 0.611. The molecule has 2 atom stereocenters. The molecule has 0 aliphatic rings. The highest BCUT2D eigenvalue weighted by atomic mass is 16.5. The van der Waals surface area contributed by atoms with Gasteiger partial charge in [-0.2, -0.15) is 0 Å². The van der Waals surface area contributed by atoms with Crippen molar-refractivity contribution in [3.05, 3.63) is 34.4 Å². The van der Waals surface area contributed by atoms with Crippen molar-refractivity contribution in [3.63, 3.8) is 0 Å². The Labute approximate surface area is 128 Å². The lowest BCUT2D eigenvalue weighted by Crippen LogP contribution is -2.39. The number of aliphatic hydroxyl groups is 1. The second-order valence-electron chi connectivity index (χ2n) is 6.14. The molecule has 1 N–H and O–H groups in total. The number of esters is 1. The zero-order chi connectivity index (χ0) is 16.2. The topological polar surface area (TPSA) is 46.5 Å². The van der Waals surface area contributed by atoms with E-state index in [1.807, 2.05) is 32.9 Å². The zero-order valence-corrected chi connectivity index (χ0v) is 14.1. The molecule has 0 aromatic heterocycles. The third kappa shape index (κ3) is 3.85. The van der Waals surface area contributed by atoms with Gasteiger partial charge in [-0.3, -0.25) is 4.79 Å². The SMILES string of the molecule is CCCCC(C(=O)OC)C(C)(O)c1c(C)cc(C)cc1C. The monoisotopic (exact) mass is 292 g/mol. The molecule has 3 heteroatoms. The molecule has 1 rings (SSSR count). The predicted molar refractivity (Wildman–Crippen MR) is 85.3 cm³/mol. The molecule has 0 radical (unpaired) electrons. The van der Waals surface area contributed by atoms with Crippen LogP contribution in [0.25, 0.3) is 0 Å². The van der Waals surface area contributed by atoms with Gasteiger partial charge in [-0.15, -0.1) is 0 Å². The maximum Gasteiger partial charge on any atom is 0.311 e. The lowest BCUT2D eigenvalue weighted by molar-refractivity contribution is -0.156. The molecule has 21 heavy (non-hydrogen) atoms. The average molecular weight is 292 g/mol.